The number of nitrogens with zero attached hydrogens (tertiary/aromatic N) is 4. The van der Waals surface area contributed by atoms with Gasteiger partial charge < -0.3 is 19.4 Å². The molecule has 1 aliphatic heterocycles. The van der Waals surface area contributed by atoms with Crippen LogP contribution < -0.4 is 9.64 Å². The highest BCUT2D eigenvalue weighted by molar-refractivity contribution is 5.85. The van der Waals surface area contributed by atoms with E-state index in [4.69, 9.17) is 14.5 Å². The molecule has 0 amide bonds. The van der Waals surface area contributed by atoms with Crippen LogP contribution >= 0.6 is 0 Å². The Bertz CT molecular complexity index is 826. The van der Waals surface area contributed by atoms with Crippen LogP contribution in [0.25, 0.3) is 22.6 Å². The molecule has 7 heteroatoms. The maximum absolute atomic E-state index is 5.44. The highest BCUT2D eigenvalue weighted by Gasteiger charge is 2.20. The van der Waals surface area contributed by atoms with Crippen LogP contribution in [0.2, 0.25) is 0 Å². The summed E-state index contributed by atoms with van der Waals surface area (Å²) in [6, 6.07) is 7.75. The number of aromatic amines is 1. The number of para-hydroxylation sites is 1. The molecule has 118 valence electrons. The van der Waals surface area contributed by atoms with Crippen molar-refractivity contribution in [3.8, 4) is 17.1 Å². The molecular formula is C16H17N5O2. The van der Waals surface area contributed by atoms with Crippen LogP contribution in [0.1, 0.15) is 0 Å². The molecule has 0 radical (unpaired) electrons. The zero-order chi connectivity index (χ0) is 15.6. The van der Waals surface area contributed by atoms with Gasteiger partial charge in [-0.3, -0.25) is 0 Å². The molecule has 0 unspecified atom stereocenters. The minimum absolute atomic E-state index is 0.626. The number of anilines is 1. The molecule has 7 nitrogen and oxygen atoms in total. The number of rotatable bonds is 3. The van der Waals surface area contributed by atoms with E-state index in [1.807, 2.05) is 24.3 Å². The number of benzene rings is 1. The lowest BCUT2D eigenvalue weighted by atomic mass is 10.2. The van der Waals surface area contributed by atoms with Gasteiger partial charge in [-0.15, -0.1) is 0 Å². The second kappa shape index (κ2) is 5.85. The SMILES string of the molecule is COc1ccccc1-c1nc(N2CCOCC2)c2nc[nH]c2n1. The normalized spacial score (nSPS) is 15.1. The molecule has 1 fully saturated rings. The highest BCUT2D eigenvalue weighted by Crippen LogP contribution is 2.31. The fourth-order valence-corrected chi connectivity index (χ4v) is 2.77. The van der Waals surface area contributed by atoms with Crippen LogP contribution in [0.4, 0.5) is 5.82 Å². The molecule has 3 aromatic rings. The smallest absolute Gasteiger partial charge is 0.167 e. The monoisotopic (exact) mass is 311 g/mol. The van der Waals surface area contributed by atoms with Crippen molar-refractivity contribution in [3.63, 3.8) is 0 Å². The lowest BCUT2D eigenvalue weighted by molar-refractivity contribution is 0.122. The Hall–Kier alpha value is -2.67. The second-order valence-electron chi connectivity index (χ2n) is 5.27. The first kappa shape index (κ1) is 14.0. The van der Waals surface area contributed by atoms with Crippen LogP contribution in [0.3, 0.4) is 0 Å². The summed E-state index contributed by atoms with van der Waals surface area (Å²) in [4.78, 5) is 19.0. The van der Waals surface area contributed by atoms with Crippen molar-refractivity contribution in [1.82, 2.24) is 19.9 Å². The molecule has 3 heterocycles. The van der Waals surface area contributed by atoms with Gasteiger partial charge in [-0.1, -0.05) is 12.1 Å². The maximum Gasteiger partial charge on any atom is 0.167 e. The number of imidazole rings is 1. The van der Waals surface area contributed by atoms with Crippen molar-refractivity contribution in [2.24, 2.45) is 0 Å². The number of morpholine rings is 1. The average molecular weight is 311 g/mol. The Labute approximate surface area is 133 Å². The summed E-state index contributed by atoms with van der Waals surface area (Å²) in [5.74, 6) is 2.21. The fraction of sp³-hybridized carbons (Fsp3) is 0.312. The molecule has 4 rings (SSSR count). The van der Waals surface area contributed by atoms with E-state index in [0.29, 0.717) is 19.0 Å². The topological polar surface area (TPSA) is 76.2 Å². The third kappa shape index (κ3) is 2.49. The maximum atomic E-state index is 5.44. The van der Waals surface area contributed by atoms with E-state index in [1.165, 1.54) is 0 Å². The van der Waals surface area contributed by atoms with Crippen LogP contribution in [0.5, 0.6) is 5.75 Å². The summed E-state index contributed by atoms with van der Waals surface area (Å²) in [5.41, 5.74) is 2.37. The second-order valence-corrected chi connectivity index (χ2v) is 5.27. The van der Waals surface area contributed by atoms with Crippen molar-refractivity contribution in [2.75, 3.05) is 38.3 Å². The molecule has 0 saturated carbocycles. The number of H-pyrrole nitrogens is 1. The lowest BCUT2D eigenvalue weighted by Gasteiger charge is -2.28. The van der Waals surface area contributed by atoms with Gasteiger partial charge in [-0.25, -0.2) is 15.0 Å². The molecule has 23 heavy (non-hydrogen) atoms. The molecule has 0 aliphatic carbocycles. The Morgan fingerprint density at radius 2 is 2.00 bits per heavy atom. The zero-order valence-corrected chi connectivity index (χ0v) is 12.8. The lowest BCUT2D eigenvalue weighted by Crippen LogP contribution is -2.37. The number of ether oxygens (including phenoxy) is 2. The fourth-order valence-electron chi connectivity index (χ4n) is 2.77. The Kier molecular flexibility index (Phi) is 3.55. The molecule has 1 aromatic carbocycles. The average Bonchev–Trinajstić information content (AvgIpc) is 3.10. The largest absolute Gasteiger partial charge is 0.496 e. The molecule has 0 spiro atoms. The van der Waals surface area contributed by atoms with Crippen LogP contribution in [0, 0.1) is 0 Å². The molecule has 0 bridgehead atoms. The predicted octanol–water partition coefficient (Wildman–Crippen LogP) is 1.87. The van der Waals surface area contributed by atoms with Crippen molar-refractivity contribution in [1.29, 1.82) is 0 Å². The van der Waals surface area contributed by atoms with E-state index < -0.39 is 0 Å². The first-order valence-electron chi connectivity index (χ1n) is 7.54. The van der Waals surface area contributed by atoms with E-state index in [-0.39, 0.29) is 0 Å². The van der Waals surface area contributed by atoms with Gasteiger partial charge in [0.1, 0.15) is 11.3 Å². The first-order chi connectivity index (χ1) is 11.4. The molecule has 1 N–H and O–H groups in total. The van der Waals surface area contributed by atoms with E-state index in [0.717, 1.165) is 41.4 Å². The van der Waals surface area contributed by atoms with Gasteiger partial charge in [-0.05, 0) is 12.1 Å². The summed E-state index contributed by atoms with van der Waals surface area (Å²) in [7, 11) is 1.65. The van der Waals surface area contributed by atoms with Gasteiger partial charge >= 0.3 is 0 Å². The molecular weight excluding hydrogens is 294 g/mol. The molecule has 1 saturated heterocycles. The van der Waals surface area contributed by atoms with Gasteiger partial charge in [0, 0.05) is 13.1 Å². The van der Waals surface area contributed by atoms with Crippen molar-refractivity contribution in [2.45, 2.75) is 0 Å². The van der Waals surface area contributed by atoms with Gasteiger partial charge in [0.05, 0.1) is 32.2 Å². The summed E-state index contributed by atoms with van der Waals surface area (Å²) < 4.78 is 10.9. The van der Waals surface area contributed by atoms with Crippen molar-refractivity contribution in [3.05, 3.63) is 30.6 Å². The number of nitrogens with one attached hydrogen (secondary N) is 1. The number of hydrogen-bond donors (Lipinski definition) is 1. The van der Waals surface area contributed by atoms with E-state index >= 15 is 0 Å². The zero-order valence-electron chi connectivity index (χ0n) is 12.8. The van der Waals surface area contributed by atoms with E-state index in [2.05, 4.69) is 19.9 Å². The Balaban J connectivity index is 1.87. The minimum atomic E-state index is 0.626. The molecule has 1 aliphatic rings. The van der Waals surface area contributed by atoms with Crippen molar-refractivity contribution < 1.29 is 9.47 Å². The Morgan fingerprint density at radius 3 is 2.83 bits per heavy atom. The number of hydrogen-bond acceptors (Lipinski definition) is 6. The van der Waals surface area contributed by atoms with Crippen molar-refractivity contribution >= 4 is 17.0 Å². The minimum Gasteiger partial charge on any atom is -0.496 e. The molecule has 2 aromatic heterocycles. The Morgan fingerprint density at radius 1 is 1.17 bits per heavy atom. The van der Waals surface area contributed by atoms with Gasteiger partial charge in [0.15, 0.2) is 17.3 Å². The number of methoxy groups -OCH3 is 1. The van der Waals surface area contributed by atoms with Gasteiger partial charge in [-0.2, -0.15) is 0 Å². The highest BCUT2D eigenvalue weighted by atomic mass is 16.5. The van der Waals surface area contributed by atoms with Gasteiger partial charge in [0.25, 0.3) is 0 Å². The standard InChI is InChI=1S/C16H17N5O2/c1-22-12-5-3-2-4-11(12)14-19-15-13(17-10-18-15)16(20-14)21-6-8-23-9-7-21/h2-5,10H,6-9H2,1H3,(H,17,18,19,20). The summed E-state index contributed by atoms with van der Waals surface area (Å²) in [5, 5.41) is 0. The quantitative estimate of drug-likeness (QED) is 0.796. The molecule has 0 atom stereocenters. The van der Waals surface area contributed by atoms with Crippen LogP contribution in [0.15, 0.2) is 30.6 Å². The number of aromatic nitrogens is 4. The number of fused-ring (bicyclic) bond motifs is 1. The van der Waals surface area contributed by atoms with Gasteiger partial charge in [0.2, 0.25) is 0 Å². The summed E-state index contributed by atoms with van der Waals surface area (Å²) in [6.45, 7) is 2.98. The first-order valence-corrected chi connectivity index (χ1v) is 7.54. The third-order valence-corrected chi connectivity index (χ3v) is 3.92. The predicted molar refractivity (Wildman–Crippen MR) is 86.7 cm³/mol. The van der Waals surface area contributed by atoms with Crippen LogP contribution in [-0.4, -0.2) is 53.3 Å². The van der Waals surface area contributed by atoms with E-state index in [9.17, 15) is 0 Å². The van der Waals surface area contributed by atoms with E-state index in [1.54, 1.807) is 13.4 Å². The van der Waals surface area contributed by atoms with Crippen LogP contribution in [-0.2, 0) is 4.74 Å². The summed E-state index contributed by atoms with van der Waals surface area (Å²) in [6.07, 6.45) is 1.65. The summed E-state index contributed by atoms with van der Waals surface area (Å²) >= 11 is 0. The third-order valence-electron chi connectivity index (χ3n) is 3.92.